The zero-order valence-electron chi connectivity index (χ0n) is 6.99. The highest BCUT2D eigenvalue weighted by atomic mass is 35.5. The van der Waals surface area contributed by atoms with E-state index in [4.69, 9.17) is 0 Å². The Bertz CT molecular complexity index is 217. The van der Waals surface area contributed by atoms with Gasteiger partial charge in [0, 0.05) is 6.54 Å². The molecule has 1 aromatic carbocycles. The molecule has 0 aliphatic carbocycles. The lowest BCUT2D eigenvalue weighted by molar-refractivity contribution is 0.763. The van der Waals surface area contributed by atoms with Crippen LogP contribution in [0.1, 0.15) is 17.9 Å². The van der Waals surface area contributed by atoms with Crippen molar-refractivity contribution in [1.82, 2.24) is 5.32 Å². The summed E-state index contributed by atoms with van der Waals surface area (Å²) in [7, 11) is 0. The van der Waals surface area contributed by atoms with E-state index in [9.17, 15) is 0 Å². The van der Waals surface area contributed by atoms with Crippen molar-refractivity contribution in [3.05, 3.63) is 35.9 Å². The summed E-state index contributed by atoms with van der Waals surface area (Å²) in [5.41, 5.74) is 1.48. The lowest BCUT2D eigenvalue weighted by atomic mass is 9.99. The van der Waals surface area contributed by atoms with Crippen LogP contribution in [0, 0.1) is 0 Å². The molecule has 0 amide bonds. The van der Waals surface area contributed by atoms with Gasteiger partial charge in [-0.15, -0.1) is 12.4 Å². The highest BCUT2D eigenvalue weighted by Gasteiger charge is 2.15. The van der Waals surface area contributed by atoms with Gasteiger partial charge in [0.15, 0.2) is 0 Å². The van der Waals surface area contributed by atoms with E-state index < -0.39 is 0 Å². The highest BCUT2D eigenvalue weighted by molar-refractivity contribution is 5.85. The lowest BCUT2D eigenvalue weighted by Crippen LogP contribution is -2.07. The largest absolute Gasteiger partial charge is 0.316 e. The van der Waals surface area contributed by atoms with Gasteiger partial charge in [-0.1, -0.05) is 30.3 Å². The van der Waals surface area contributed by atoms with Crippen LogP contribution in [0.4, 0.5) is 0 Å². The van der Waals surface area contributed by atoms with Gasteiger partial charge in [0.2, 0.25) is 0 Å². The summed E-state index contributed by atoms with van der Waals surface area (Å²) in [6.07, 6.45) is 1.30. The first-order chi connectivity index (χ1) is 5.47. The fraction of sp³-hybridized carbons (Fsp3) is 0.400. The molecule has 1 saturated heterocycles. The standard InChI is InChI=1S/C10H13N.ClH/c1-2-4-9(5-3-1)10-6-7-11-8-10;/h1-5,10-11H,6-8H2;1H/t10-;/m0./s1. The number of hydrogen-bond acceptors (Lipinski definition) is 1. The van der Waals surface area contributed by atoms with Gasteiger partial charge < -0.3 is 5.32 Å². The topological polar surface area (TPSA) is 12.0 Å². The van der Waals surface area contributed by atoms with Gasteiger partial charge in [0.05, 0.1) is 0 Å². The molecule has 0 bridgehead atoms. The molecule has 66 valence electrons. The van der Waals surface area contributed by atoms with Crippen LogP contribution in [-0.2, 0) is 0 Å². The Morgan fingerprint density at radius 1 is 1.17 bits per heavy atom. The molecule has 2 heteroatoms. The third kappa shape index (κ3) is 1.99. The van der Waals surface area contributed by atoms with E-state index >= 15 is 0 Å². The molecule has 1 atom stereocenters. The predicted molar refractivity (Wildman–Crippen MR) is 53.9 cm³/mol. The minimum absolute atomic E-state index is 0. The summed E-state index contributed by atoms with van der Waals surface area (Å²) in [5, 5.41) is 3.37. The summed E-state index contributed by atoms with van der Waals surface area (Å²) in [4.78, 5) is 0. The minimum atomic E-state index is 0. The van der Waals surface area contributed by atoms with E-state index in [-0.39, 0.29) is 12.4 Å². The molecule has 0 unspecified atom stereocenters. The molecule has 1 N–H and O–H groups in total. The molecule has 1 fully saturated rings. The maximum Gasteiger partial charge on any atom is 0.00206 e. The zero-order valence-corrected chi connectivity index (χ0v) is 7.81. The van der Waals surface area contributed by atoms with E-state index in [1.165, 1.54) is 18.5 Å². The third-order valence-corrected chi connectivity index (χ3v) is 2.33. The number of nitrogens with one attached hydrogen (secondary N) is 1. The molecule has 1 aliphatic rings. The van der Waals surface area contributed by atoms with Gasteiger partial charge in [-0.05, 0) is 24.4 Å². The molecule has 0 radical (unpaired) electrons. The second-order valence-electron chi connectivity index (χ2n) is 3.10. The Morgan fingerprint density at radius 2 is 1.92 bits per heavy atom. The molecule has 12 heavy (non-hydrogen) atoms. The van der Waals surface area contributed by atoms with E-state index in [1.807, 2.05) is 0 Å². The zero-order chi connectivity index (χ0) is 7.52. The van der Waals surface area contributed by atoms with Crippen molar-refractivity contribution in [3.63, 3.8) is 0 Å². The molecular weight excluding hydrogens is 170 g/mol. The summed E-state index contributed by atoms with van der Waals surface area (Å²) >= 11 is 0. The Balaban J connectivity index is 0.000000720. The van der Waals surface area contributed by atoms with Crippen LogP contribution >= 0.6 is 12.4 Å². The summed E-state index contributed by atoms with van der Waals surface area (Å²) < 4.78 is 0. The van der Waals surface area contributed by atoms with Crippen molar-refractivity contribution < 1.29 is 0 Å². The molecule has 1 nitrogen and oxygen atoms in total. The summed E-state index contributed by atoms with van der Waals surface area (Å²) in [6, 6.07) is 10.8. The first-order valence-corrected chi connectivity index (χ1v) is 4.22. The maximum atomic E-state index is 3.37. The molecule has 0 saturated carbocycles. The fourth-order valence-electron chi connectivity index (χ4n) is 1.66. The molecule has 0 spiro atoms. The maximum absolute atomic E-state index is 3.37. The predicted octanol–water partition coefficient (Wildman–Crippen LogP) is 2.19. The van der Waals surface area contributed by atoms with Gasteiger partial charge in [0.25, 0.3) is 0 Å². The average molecular weight is 184 g/mol. The Kier molecular flexibility index (Phi) is 3.57. The van der Waals surface area contributed by atoms with E-state index in [2.05, 4.69) is 35.6 Å². The van der Waals surface area contributed by atoms with Crippen molar-refractivity contribution in [2.24, 2.45) is 0 Å². The summed E-state index contributed by atoms with van der Waals surface area (Å²) in [6.45, 7) is 2.34. The Hall–Kier alpha value is -0.530. The first-order valence-electron chi connectivity index (χ1n) is 4.22. The van der Waals surface area contributed by atoms with Crippen molar-refractivity contribution in [3.8, 4) is 0 Å². The fourth-order valence-corrected chi connectivity index (χ4v) is 1.66. The molecule has 1 aliphatic heterocycles. The lowest BCUT2D eigenvalue weighted by Gasteiger charge is -2.06. The molecular formula is C10H14ClN. The van der Waals surface area contributed by atoms with Crippen molar-refractivity contribution in [2.75, 3.05) is 13.1 Å². The molecule has 0 aromatic heterocycles. The van der Waals surface area contributed by atoms with Crippen LogP contribution in [-0.4, -0.2) is 13.1 Å². The Labute approximate surface area is 79.6 Å². The van der Waals surface area contributed by atoms with Crippen LogP contribution in [0.3, 0.4) is 0 Å². The van der Waals surface area contributed by atoms with Gasteiger partial charge in [-0.25, -0.2) is 0 Å². The number of halogens is 1. The first kappa shape index (κ1) is 9.56. The monoisotopic (exact) mass is 183 g/mol. The van der Waals surface area contributed by atoms with Gasteiger partial charge in [-0.2, -0.15) is 0 Å². The Morgan fingerprint density at radius 3 is 2.50 bits per heavy atom. The number of rotatable bonds is 1. The van der Waals surface area contributed by atoms with E-state index in [1.54, 1.807) is 0 Å². The summed E-state index contributed by atoms with van der Waals surface area (Å²) in [5.74, 6) is 0.760. The molecule has 2 rings (SSSR count). The van der Waals surface area contributed by atoms with Gasteiger partial charge in [0.1, 0.15) is 0 Å². The van der Waals surface area contributed by atoms with Crippen molar-refractivity contribution >= 4 is 12.4 Å². The minimum Gasteiger partial charge on any atom is -0.316 e. The van der Waals surface area contributed by atoms with Gasteiger partial charge in [-0.3, -0.25) is 0 Å². The normalized spacial score (nSPS) is 21.8. The average Bonchev–Trinajstić information content (AvgIpc) is 2.58. The van der Waals surface area contributed by atoms with Crippen LogP contribution in [0.2, 0.25) is 0 Å². The SMILES string of the molecule is Cl.c1ccc([C@H]2CCNC2)cc1. The second kappa shape index (κ2) is 4.48. The number of hydrogen-bond donors (Lipinski definition) is 1. The highest BCUT2D eigenvalue weighted by Crippen LogP contribution is 2.21. The van der Waals surface area contributed by atoms with Crippen LogP contribution in [0.25, 0.3) is 0 Å². The third-order valence-electron chi connectivity index (χ3n) is 2.33. The van der Waals surface area contributed by atoms with Crippen LogP contribution in [0.5, 0.6) is 0 Å². The van der Waals surface area contributed by atoms with Crippen LogP contribution < -0.4 is 5.32 Å². The molecule has 1 heterocycles. The van der Waals surface area contributed by atoms with Crippen molar-refractivity contribution in [2.45, 2.75) is 12.3 Å². The van der Waals surface area contributed by atoms with E-state index in [0.29, 0.717) is 0 Å². The second-order valence-corrected chi connectivity index (χ2v) is 3.10. The smallest absolute Gasteiger partial charge is 0.00206 e. The van der Waals surface area contributed by atoms with Crippen LogP contribution in [0.15, 0.2) is 30.3 Å². The quantitative estimate of drug-likeness (QED) is 0.704. The van der Waals surface area contributed by atoms with E-state index in [0.717, 1.165) is 12.5 Å². The van der Waals surface area contributed by atoms with Crippen molar-refractivity contribution in [1.29, 1.82) is 0 Å². The van der Waals surface area contributed by atoms with Gasteiger partial charge >= 0.3 is 0 Å². The molecule has 1 aromatic rings. The number of benzene rings is 1.